The molecule has 1 aromatic rings. The third kappa shape index (κ3) is 5.21. The van der Waals surface area contributed by atoms with Crippen LogP contribution in [-0.2, 0) is 11.0 Å². The van der Waals surface area contributed by atoms with Crippen LogP contribution in [0.5, 0.6) is 0 Å². The van der Waals surface area contributed by atoms with Crippen LogP contribution in [0.4, 0.5) is 18.9 Å². The summed E-state index contributed by atoms with van der Waals surface area (Å²) in [6, 6.07) is 4.08. The Hall–Kier alpha value is -2.34. The lowest BCUT2D eigenvalue weighted by molar-refractivity contribution is -0.138. The predicted molar refractivity (Wildman–Crippen MR) is 77.2 cm³/mol. The Kier molecular flexibility index (Phi) is 5.70. The Balaban J connectivity index is 2.85. The monoisotopic (exact) mass is 331 g/mol. The SMILES string of the molecule is C[C@@H](CC(=O)O)NC(=S)Nc1ccc(C#N)c(C(F)(F)F)c1. The fraction of sp³-hybridized carbons (Fsp3) is 0.308. The molecular weight excluding hydrogens is 319 g/mol. The fourth-order valence-corrected chi connectivity index (χ4v) is 1.98. The zero-order valence-electron chi connectivity index (χ0n) is 11.4. The number of hydrogen-bond acceptors (Lipinski definition) is 3. The topological polar surface area (TPSA) is 85.2 Å². The van der Waals surface area contributed by atoms with Gasteiger partial charge in [0.25, 0.3) is 0 Å². The molecule has 0 aliphatic carbocycles. The third-order valence-electron chi connectivity index (χ3n) is 2.56. The van der Waals surface area contributed by atoms with Crippen molar-refractivity contribution in [3.63, 3.8) is 0 Å². The second-order valence-corrected chi connectivity index (χ2v) is 4.88. The van der Waals surface area contributed by atoms with Gasteiger partial charge in [-0.3, -0.25) is 4.79 Å². The van der Waals surface area contributed by atoms with Gasteiger partial charge in [-0.1, -0.05) is 0 Å². The first-order valence-corrected chi connectivity index (χ1v) is 6.45. The number of hydrogen-bond donors (Lipinski definition) is 3. The minimum atomic E-state index is -4.66. The molecule has 0 saturated carbocycles. The molecule has 5 nitrogen and oxygen atoms in total. The quantitative estimate of drug-likeness (QED) is 0.736. The molecule has 0 aliphatic rings. The predicted octanol–water partition coefficient (Wildman–Crippen LogP) is 2.73. The molecule has 0 saturated heterocycles. The largest absolute Gasteiger partial charge is 0.481 e. The number of carboxylic acids is 1. The molecule has 1 atom stereocenters. The van der Waals surface area contributed by atoms with Crippen molar-refractivity contribution in [2.75, 3.05) is 5.32 Å². The van der Waals surface area contributed by atoms with E-state index in [-0.39, 0.29) is 17.2 Å². The molecule has 1 aromatic carbocycles. The van der Waals surface area contributed by atoms with Gasteiger partial charge < -0.3 is 15.7 Å². The maximum atomic E-state index is 12.8. The number of aliphatic carboxylic acids is 1. The highest BCUT2D eigenvalue weighted by atomic mass is 32.1. The molecular formula is C13H12F3N3O2S. The van der Waals surface area contributed by atoms with Crippen molar-refractivity contribution >= 4 is 29.0 Å². The number of carboxylic acid groups (broad SMARTS) is 1. The third-order valence-corrected chi connectivity index (χ3v) is 2.78. The van der Waals surface area contributed by atoms with E-state index < -0.39 is 29.3 Å². The summed E-state index contributed by atoms with van der Waals surface area (Å²) in [6.45, 7) is 1.57. The lowest BCUT2D eigenvalue weighted by Crippen LogP contribution is -2.37. The van der Waals surface area contributed by atoms with Crippen molar-refractivity contribution in [3.8, 4) is 6.07 Å². The Morgan fingerprint density at radius 3 is 2.64 bits per heavy atom. The molecule has 0 radical (unpaired) electrons. The van der Waals surface area contributed by atoms with Crippen molar-refractivity contribution < 1.29 is 23.1 Å². The Labute approximate surface area is 129 Å². The molecule has 22 heavy (non-hydrogen) atoms. The lowest BCUT2D eigenvalue weighted by atomic mass is 10.1. The van der Waals surface area contributed by atoms with Gasteiger partial charge in [0, 0.05) is 11.7 Å². The number of rotatable bonds is 4. The molecule has 1 rings (SSSR count). The maximum absolute atomic E-state index is 12.8. The summed E-state index contributed by atoms with van der Waals surface area (Å²) in [7, 11) is 0. The Morgan fingerprint density at radius 1 is 1.50 bits per heavy atom. The molecule has 3 N–H and O–H groups in total. The highest BCUT2D eigenvalue weighted by molar-refractivity contribution is 7.80. The molecule has 9 heteroatoms. The van der Waals surface area contributed by atoms with Crippen molar-refractivity contribution in [1.29, 1.82) is 5.26 Å². The van der Waals surface area contributed by atoms with Crippen molar-refractivity contribution in [1.82, 2.24) is 5.32 Å². The van der Waals surface area contributed by atoms with E-state index in [4.69, 9.17) is 22.6 Å². The molecule has 0 heterocycles. The van der Waals surface area contributed by atoms with Crippen LogP contribution in [-0.4, -0.2) is 22.2 Å². The van der Waals surface area contributed by atoms with Gasteiger partial charge in [0.05, 0.1) is 23.6 Å². The molecule has 0 bridgehead atoms. The van der Waals surface area contributed by atoms with Crippen LogP contribution in [0, 0.1) is 11.3 Å². The minimum Gasteiger partial charge on any atom is -0.481 e. The van der Waals surface area contributed by atoms with Gasteiger partial charge in [0.1, 0.15) is 0 Å². The second-order valence-electron chi connectivity index (χ2n) is 4.47. The highest BCUT2D eigenvalue weighted by Crippen LogP contribution is 2.33. The van der Waals surface area contributed by atoms with Crippen molar-refractivity contribution in [3.05, 3.63) is 29.3 Å². The number of carbonyl (C=O) groups is 1. The van der Waals surface area contributed by atoms with E-state index in [2.05, 4.69) is 10.6 Å². The van der Waals surface area contributed by atoms with E-state index in [0.29, 0.717) is 0 Å². The number of nitrogens with one attached hydrogen (secondary N) is 2. The molecule has 0 spiro atoms. The number of alkyl halides is 3. The van der Waals surface area contributed by atoms with E-state index >= 15 is 0 Å². The maximum Gasteiger partial charge on any atom is 0.417 e. The zero-order chi connectivity index (χ0) is 16.9. The minimum absolute atomic E-state index is 0.00779. The Morgan fingerprint density at radius 2 is 2.14 bits per heavy atom. The smallest absolute Gasteiger partial charge is 0.417 e. The first-order chi connectivity index (χ1) is 10.1. The average molecular weight is 331 g/mol. The number of thiocarbonyl (C=S) groups is 1. The summed E-state index contributed by atoms with van der Waals surface area (Å²) >= 11 is 4.90. The molecule has 0 amide bonds. The summed E-state index contributed by atoms with van der Waals surface area (Å²) < 4.78 is 38.4. The lowest BCUT2D eigenvalue weighted by Gasteiger charge is -2.16. The van der Waals surface area contributed by atoms with Gasteiger partial charge >= 0.3 is 12.1 Å². The van der Waals surface area contributed by atoms with Crippen LogP contribution >= 0.6 is 12.2 Å². The van der Waals surface area contributed by atoms with Gasteiger partial charge in [-0.15, -0.1) is 0 Å². The molecule has 0 aromatic heterocycles. The van der Waals surface area contributed by atoms with E-state index in [9.17, 15) is 18.0 Å². The molecule has 0 unspecified atom stereocenters. The van der Waals surface area contributed by atoms with E-state index in [0.717, 1.165) is 12.1 Å². The van der Waals surface area contributed by atoms with Crippen LogP contribution in [0.15, 0.2) is 18.2 Å². The summed E-state index contributed by atoms with van der Waals surface area (Å²) in [5, 5.41) is 22.5. The summed E-state index contributed by atoms with van der Waals surface area (Å²) in [6.07, 6.45) is -4.85. The zero-order valence-corrected chi connectivity index (χ0v) is 12.2. The fourth-order valence-electron chi connectivity index (χ4n) is 1.66. The van der Waals surface area contributed by atoms with E-state index in [1.54, 1.807) is 6.92 Å². The van der Waals surface area contributed by atoms with Crippen LogP contribution in [0.25, 0.3) is 0 Å². The van der Waals surface area contributed by atoms with Gasteiger partial charge in [-0.05, 0) is 37.3 Å². The van der Waals surface area contributed by atoms with Crippen LogP contribution in [0.1, 0.15) is 24.5 Å². The number of benzene rings is 1. The average Bonchev–Trinajstić information content (AvgIpc) is 2.36. The second kappa shape index (κ2) is 7.09. The van der Waals surface area contributed by atoms with Gasteiger partial charge in [-0.25, -0.2) is 0 Å². The van der Waals surface area contributed by atoms with Gasteiger partial charge in [0.15, 0.2) is 5.11 Å². The standard InChI is InChI=1S/C13H12F3N3O2S/c1-7(4-11(20)21)18-12(22)19-9-3-2-8(6-17)10(5-9)13(14,15)16/h2-3,5,7H,4H2,1H3,(H,20,21)(H2,18,19,22)/t7-/m0/s1. The van der Waals surface area contributed by atoms with Crippen LogP contribution < -0.4 is 10.6 Å². The molecule has 118 valence electrons. The highest BCUT2D eigenvalue weighted by Gasteiger charge is 2.33. The van der Waals surface area contributed by atoms with Crippen LogP contribution in [0.2, 0.25) is 0 Å². The van der Waals surface area contributed by atoms with Crippen molar-refractivity contribution in [2.24, 2.45) is 0 Å². The van der Waals surface area contributed by atoms with Crippen LogP contribution in [0.3, 0.4) is 0 Å². The summed E-state index contributed by atoms with van der Waals surface area (Å²) in [5.41, 5.74) is -1.51. The number of nitriles is 1. The normalized spacial score (nSPS) is 12.1. The number of halogens is 3. The molecule has 0 aliphatic heterocycles. The van der Waals surface area contributed by atoms with E-state index in [1.165, 1.54) is 12.1 Å². The summed E-state index contributed by atoms with van der Waals surface area (Å²) in [4.78, 5) is 10.5. The first kappa shape index (κ1) is 17.7. The van der Waals surface area contributed by atoms with E-state index in [1.807, 2.05) is 0 Å². The first-order valence-electron chi connectivity index (χ1n) is 6.04. The number of nitrogens with zero attached hydrogens (tertiary/aromatic N) is 1. The Bertz CT molecular complexity index is 626. The number of anilines is 1. The van der Waals surface area contributed by atoms with Gasteiger partial charge in [0.2, 0.25) is 0 Å². The van der Waals surface area contributed by atoms with Gasteiger partial charge in [-0.2, -0.15) is 18.4 Å². The summed E-state index contributed by atoms with van der Waals surface area (Å²) in [5.74, 6) is -1.03. The van der Waals surface area contributed by atoms with Crippen molar-refractivity contribution in [2.45, 2.75) is 25.6 Å². The molecule has 0 fully saturated rings.